The van der Waals surface area contributed by atoms with Crippen molar-refractivity contribution in [1.82, 2.24) is 39.4 Å². The molecule has 3 aromatic heterocycles. The van der Waals surface area contributed by atoms with E-state index in [0.29, 0.717) is 75.6 Å². The van der Waals surface area contributed by atoms with Crippen LogP contribution in [-0.4, -0.2) is 122 Å². The van der Waals surface area contributed by atoms with E-state index in [2.05, 4.69) is 49.7 Å². The maximum atomic E-state index is 14.0. The van der Waals surface area contributed by atoms with Crippen LogP contribution < -0.4 is 37.1 Å². The van der Waals surface area contributed by atoms with Gasteiger partial charge in [-0.3, -0.25) is 34.1 Å². The first-order valence-electron chi connectivity index (χ1n) is 22.0. The Hall–Kier alpha value is -5.96. The van der Waals surface area contributed by atoms with Crippen molar-refractivity contribution in [3.63, 3.8) is 0 Å². The van der Waals surface area contributed by atoms with Crippen LogP contribution in [0.3, 0.4) is 0 Å². The third kappa shape index (κ3) is 10.5. The van der Waals surface area contributed by atoms with Crippen LogP contribution >= 0.6 is 23.1 Å². The number of nitrogens with zero attached hydrogens (tertiary/aromatic N) is 8. The molecule has 1 unspecified atom stereocenters. The third-order valence-electron chi connectivity index (χ3n) is 11.6. The van der Waals surface area contributed by atoms with E-state index in [9.17, 15) is 19.2 Å². The number of aryl methyl sites for hydroxylation is 4. The number of nitrogens with one attached hydrogen (secondary N) is 3. The fourth-order valence-electron chi connectivity index (χ4n) is 8.29. The molecule has 5 aromatic rings. The SMILES string of the molecule is CCc1nc(C)sc1C(=O)NC1Nc2cc(C(N)=O)cc(OCCCN3CCN(C(C)C)CC3)c2N1C/C=C/Cn1c(NC(=O)c2cc(C)nn2CC)nc2cc(C(N)=O)cc(SC)c21. The molecule has 0 saturated carbocycles. The zero-order valence-electron chi connectivity index (χ0n) is 38.1. The average molecular weight is 926 g/mol. The molecule has 18 nitrogen and oxygen atoms in total. The van der Waals surface area contributed by atoms with Crippen LogP contribution in [0.25, 0.3) is 11.0 Å². The highest BCUT2D eigenvalue weighted by Crippen LogP contribution is 2.43. The number of nitrogens with two attached hydrogens (primary N) is 2. The molecular weight excluding hydrogens is 867 g/mol. The van der Waals surface area contributed by atoms with Gasteiger partial charge in [-0.15, -0.1) is 23.1 Å². The predicted molar refractivity (Wildman–Crippen MR) is 256 cm³/mol. The fourth-order valence-corrected chi connectivity index (χ4v) is 9.85. The highest BCUT2D eigenvalue weighted by molar-refractivity contribution is 7.98. The Morgan fingerprint density at radius 1 is 0.969 bits per heavy atom. The van der Waals surface area contributed by atoms with Crippen molar-refractivity contribution in [1.29, 1.82) is 0 Å². The number of piperazine rings is 1. The maximum absolute atomic E-state index is 14.0. The minimum Gasteiger partial charge on any atom is -0.491 e. The second kappa shape index (κ2) is 20.5. The number of thioether (sulfide) groups is 1. The van der Waals surface area contributed by atoms with Gasteiger partial charge in [0.15, 0.2) is 6.29 Å². The van der Waals surface area contributed by atoms with E-state index in [4.69, 9.17) is 21.2 Å². The number of hydrogen-bond donors (Lipinski definition) is 5. The Bertz CT molecular complexity index is 2610. The lowest BCUT2D eigenvalue weighted by atomic mass is 10.1. The molecule has 7 N–H and O–H groups in total. The molecule has 1 saturated heterocycles. The van der Waals surface area contributed by atoms with Gasteiger partial charge < -0.3 is 41.2 Å². The molecular formula is C45H59N13O5S2. The van der Waals surface area contributed by atoms with Crippen molar-refractivity contribution in [3.8, 4) is 5.75 Å². The summed E-state index contributed by atoms with van der Waals surface area (Å²) in [4.78, 5) is 70.2. The Morgan fingerprint density at radius 3 is 2.37 bits per heavy atom. The standard InChI is InChI=1S/C45H59N13O5S2/c1-8-31-39(65-28(6)48-31)43(62)52-45-49-32-22-29(40(46)59)24-35(63-20-12-13-54-16-18-55(19-17-54)26(3)4)37(32)56(45)14-10-11-15-57-38-33(23-30(41(47)60)25-36(38)64-7)50-44(57)51-42(61)34-21-27(5)53-58(34)9-2/h10-11,21-26,45,49H,8-9,12-20H2,1-7H3,(H2,46,59)(H2,47,60)(H,52,62)(H,50,51,61)/b11-10+. The van der Waals surface area contributed by atoms with Crippen molar-refractivity contribution < 1.29 is 23.9 Å². The van der Waals surface area contributed by atoms with E-state index in [-0.39, 0.29) is 36.4 Å². The first-order valence-corrected chi connectivity index (χ1v) is 24.0. The number of rotatable bonds is 19. The van der Waals surface area contributed by atoms with Crippen LogP contribution in [0.5, 0.6) is 5.75 Å². The largest absolute Gasteiger partial charge is 0.491 e. The zero-order valence-corrected chi connectivity index (χ0v) is 39.7. The van der Waals surface area contributed by atoms with Crippen LogP contribution in [0.15, 0.2) is 47.4 Å². The van der Waals surface area contributed by atoms with E-state index >= 15 is 0 Å². The molecule has 0 aliphatic carbocycles. The van der Waals surface area contributed by atoms with Crippen molar-refractivity contribution in [2.45, 2.75) is 84.7 Å². The van der Waals surface area contributed by atoms with Gasteiger partial charge in [0.1, 0.15) is 22.0 Å². The van der Waals surface area contributed by atoms with Gasteiger partial charge in [-0.25, -0.2) is 9.97 Å². The molecule has 4 amide bonds. The first-order chi connectivity index (χ1) is 31.2. The van der Waals surface area contributed by atoms with Crippen LogP contribution in [0.1, 0.15) is 91.4 Å². The number of hydrogen-bond acceptors (Lipinski definition) is 14. The molecule has 65 heavy (non-hydrogen) atoms. The van der Waals surface area contributed by atoms with Gasteiger partial charge in [0.05, 0.1) is 39.7 Å². The van der Waals surface area contributed by atoms with E-state index < -0.39 is 18.1 Å². The summed E-state index contributed by atoms with van der Waals surface area (Å²) in [5.41, 5.74) is 16.4. The summed E-state index contributed by atoms with van der Waals surface area (Å²) in [5.74, 6) is -1.13. The molecule has 20 heteroatoms. The minimum atomic E-state index is -0.747. The number of thiazole rings is 1. The van der Waals surface area contributed by atoms with Gasteiger partial charge in [-0.1, -0.05) is 19.1 Å². The molecule has 1 atom stereocenters. The van der Waals surface area contributed by atoms with Crippen LogP contribution in [0, 0.1) is 13.8 Å². The van der Waals surface area contributed by atoms with E-state index in [1.54, 1.807) is 35.0 Å². The molecule has 1 fully saturated rings. The molecule has 2 aliphatic heterocycles. The number of carbonyl (C=O) groups excluding carboxylic acids is 4. The molecule has 2 aliphatic rings. The van der Waals surface area contributed by atoms with Gasteiger partial charge in [-0.2, -0.15) is 5.10 Å². The molecule has 5 heterocycles. The number of anilines is 3. The summed E-state index contributed by atoms with van der Waals surface area (Å²) < 4.78 is 10.0. The second-order valence-electron chi connectivity index (χ2n) is 16.3. The van der Waals surface area contributed by atoms with Gasteiger partial charge >= 0.3 is 0 Å². The number of imidazole rings is 1. The molecule has 346 valence electrons. The molecule has 2 aromatic carbocycles. The molecule has 7 rings (SSSR count). The number of benzene rings is 2. The lowest BCUT2D eigenvalue weighted by Crippen LogP contribution is -2.50. The monoisotopic (exact) mass is 925 g/mol. The Balaban J connectivity index is 1.19. The molecule has 0 spiro atoms. The zero-order chi connectivity index (χ0) is 46.5. The van der Waals surface area contributed by atoms with E-state index in [1.807, 2.05) is 55.6 Å². The van der Waals surface area contributed by atoms with Crippen LogP contribution in [0.2, 0.25) is 0 Å². The lowest BCUT2D eigenvalue weighted by molar-refractivity contribution is 0.0942. The maximum Gasteiger partial charge on any atom is 0.276 e. The quantitative estimate of drug-likeness (QED) is 0.0416. The first kappa shape index (κ1) is 47.0. The number of amides is 4. The molecule has 0 bridgehead atoms. The summed E-state index contributed by atoms with van der Waals surface area (Å²) >= 11 is 2.77. The van der Waals surface area contributed by atoms with Gasteiger partial charge in [0, 0.05) is 74.4 Å². The van der Waals surface area contributed by atoms with Gasteiger partial charge in [0.2, 0.25) is 17.8 Å². The topological polar surface area (TPSA) is 224 Å². The Kier molecular flexibility index (Phi) is 14.8. The summed E-state index contributed by atoms with van der Waals surface area (Å²) in [6, 6.07) is 8.93. The number of fused-ring (bicyclic) bond motifs is 2. The smallest absolute Gasteiger partial charge is 0.276 e. The number of aromatic nitrogens is 5. The summed E-state index contributed by atoms with van der Waals surface area (Å²) in [7, 11) is 0. The fraction of sp³-hybridized carbons (Fsp3) is 0.444. The van der Waals surface area contributed by atoms with Gasteiger partial charge in [-0.05, 0) is 84.0 Å². The van der Waals surface area contributed by atoms with Crippen molar-refractivity contribution in [2.24, 2.45) is 11.5 Å². The number of allylic oxidation sites excluding steroid dienone is 1. The van der Waals surface area contributed by atoms with E-state index in [0.717, 1.165) is 54.7 Å². The average Bonchev–Trinajstić information content (AvgIpc) is 4.05. The number of carbonyl (C=O) groups is 4. The van der Waals surface area contributed by atoms with E-state index in [1.165, 1.54) is 23.1 Å². The van der Waals surface area contributed by atoms with Crippen molar-refractivity contribution in [3.05, 3.63) is 80.6 Å². The summed E-state index contributed by atoms with van der Waals surface area (Å²) in [6.45, 7) is 18.4. The molecule has 0 radical (unpaired) electrons. The summed E-state index contributed by atoms with van der Waals surface area (Å²) in [6.07, 6.45) is 6.42. The van der Waals surface area contributed by atoms with Crippen molar-refractivity contribution in [2.75, 3.05) is 67.7 Å². The van der Waals surface area contributed by atoms with Crippen molar-refractivity contribution >= 4 is 75.1 Å². The van der Waals surface area contributed by atoms with Crippen LogP contribution in [0.4, 0.5) is 17.3 Å². The summed E-state index contributed by atoms with van der Waals surface area (Å²) in [5, 5.41) is 14.8. The predicted octanol–water partition coefficient (Wildman–Crippen LogP) is 5.06. The number of ether oxygens (including phenoxy) is 1. The normalized spacial score (nSPS) is 15.5. The highest BCUT2D eigenvalue weighted by atomic mass is 32.2. The highest BCUT2D eigenvalue weighted by Gasteiger charge is 2.34. The minimum absolute atomic E-state index is 0.266. The van der Waals surface area contributed by atoms with Gasteiger partial charge in [0.25, 0.3) is 11.8 Å². The Labute approximate surface area is 387 Å². The third-order valence-corrected chi connectivity index (χ3v) is 13.4. The second-order valence-corrected chi connectivity index (χ2v) is 18.4. The Morgan fingerprint density at radius 2 is 1.69 bits per heavy atom. The number of primary amides is 2. The lowest BCUT2D eigenvalue weighted by Gasteiger charge is -2.36. The van der Waals surface area contributed by atoms with Crippen LogP contribution in [-0.2, 0) is 19.5 Å².